The van der Waals surface area contributed by atoms with Crippen molar-refractivity contribution in [3.8, 4) is 0 Å². The molecular formula is C21H40N2O3. The molecule has 5 nitrogen and oxygen atoms in total. The van der Waals surface area contributed by atoms with E-state index >= 15 is 0 Å². The third kappa shape index (κ3) is 10.6. The lowest BCUT2D eigenvalue weighted by atomic mass is 9.91. The minimum Gasteiger partial charge on any atom is -0.391 e. The number of aliphatic hydroxyl groups excluding tert-OH is 1. The first-order valence-electron chi connectivity index (χ1n) is 10.0. The van der Waals surface area contributed by atoms with Gasteiger partial charge in [0.1, 0.15) is 0 Å². The van der Waals surface area contributed by atoms with E-state index in [2.05, 4.69) is 25.7 Å². The highest BCUT2D eigenvalue weighted by atomic mass is 16.3. The van der Waals surface area contributed by atoms with E-state index in [9.17, 15) is 14.7 Å². The molecule has 0 spiro atoms. The Morgan fingerprint density at radius 1 is 1.35 bits per heavy atom. The van der Waals surface area contributed by atoms with E-state index in [-0.39, 0.29) is 18.1 Å². The van der Waals surface area contributed by atoms with Crippen molar-refractivity contribution >= 4 is 12.3 Å². The molecule has 5 heteroatoms. The largest absolute Gasteiger partial charge is 0.391 e. The highest BCUT2D eigenvalue weighted by molar-refractivity contribution is 5.77. The Morgan fingerprint density at radius 2 is 2.00 bits per heavy atom. The molecule has 1 fully saturated rings. The van der Waals surface area contributed by atoms with E-state index in [1.807, 2.05) is 31.7 Å². The zero-order valence-electron chi connectivity index (χ0n) is 17.4. The number of allylic oxidation sites excluding steroid dienone is 1. The summed E-state index contributed by atoms with van der Waals surface area (Å²) in [5.74, 6) is 1.26. The molecule has 1 saturated heterocycles. The molecule has 2 amide bonds. The first kappa shape index (κ1) is 24.6. The third-order valence-electron chi connectivity index (χ3n) is 5.03. The first-order valence-corrected chi connectivity index (χ1v) is 10.0. The number of aliphatic hydroxyl groups is 1. The van der Waals surface area contributed by atoms with Gasteiger partial charge < -0.3 is 15.3 Å². The number of carbonyl (C=O) groups is 2. The van der Waals surface area contributed by atoms with Gasteiger partial charge in [0.15, 0.2) is 0 Å². The Kier molecular flexibility index (Phi) is 13.1. The molecule has 4 unspecified atom stereocenters. The Bertz CT molecular complexity index is 414. The van der Waals surface area contributed by atoms with Gasteiger partial charge in [-0.05, 0) is 57.8 Å². The molecule has 5 atom stereocenters. The van der Waals surface area contributed by atoms with E-state index in [1.165, 1.54) is 0 Å². The molecule has 0 saturated carbocycles. The Hall–Kier alpha value is -1.36. The fourth-order valence-corrected chi connectivity index (χ4v) is 3.29. The van der Waals surface area contributed by atoms with Gasteiger partial charge in [0.2, 0.25) is 12.3 Å². The fourth-order valence-electron chi connectivity index (χ4n) is 3.29. The van der Waals surface area contributed by atoms with Crippen molar-refractivity contribution in [2.24, 2.45) is 11.8 Å². The molecule has 1 aliphatic rings. The molecule has 0 aromatic carbocycles. The SMILES string of the molecule is C=CCCC(C)CC(C)CC(=O)N1C[C@H](O)CC1C.CCC(C)NC=O. The predicted octanol–water partition coefficient (Wildman–Crippen LogP) is 3.52. The van der Waals surface area contributed by atoms with E-state index < -0.39 is 0 Å². The van der Waals surface area contributed by atoms with Crippen molar-refractivity contribution < 1.29 is 14.7 Å². The zero-order chi connectivity index (χ0) is 20.1. The molecule has 26 heavy (non-hydrogen) atoms. The summed E-state index contributed by atoms with van der Waals surface area (Å²) >= 11 is 0. The summed E-state index contributed by atoms with van der Waals surface area (Å²) in [5.41, 5.74) is 0. The minimum absolute atomic E-state index is 0.188. The molecule has 0 aromatic rings. The first-order chi connectivity index (χ1) is 12.2. The molecule has 1 heterocycles. The van der Waals surface area contributed by atoms with Crippen molar-refractivity contribution in [2.75, 3.05) is 6.54 Å². The summed E-state index contributed by atoms with van der Waals surface area (Å²) < 4.78 is 0. The van der Waals surface area contributed by atoms with E-state index in [0.717, 1.165) is 38.5 Å². The smallest absolute Gasteiger partial charge is 0.223 e. The van der Waals surface area contributed by atoms with Gasteiger partial charge in [0, 0.05) is 25.0 Å². The highest BCUT2D eigenvalue weighted by Crippen LogP contribution is 2.23. The molecule has 1 rings (SSSR count). The number of β-amino-alcohol motifs (C(OH)–C–C–N with tert-alkyl or cyclic N) is 1. The van der Waals surface area contributed by atoms with Gasteiger partial charge in [-0.2, -0.15) is 0 Å². The van der Waals surface area contributed by atoms with Crippen LogP contribution in [0.3, 0.4) is 0 Å². The van der Waals surface area contributed by atoms with Gasteiger partial charge in [-0.3, -0.25) is 9.59 Å². The lowest BCUT2D eigenvalue weighted by Gasteiger charge is -2.24. The van der Waals surface area contributed by atoms with Crippen LogP contribution in [0.2, 0.25) is 0 Å². The topological polar surface area (TPSA) is 69.6 Å². The maximum Gasteiger partial charge on any atom is 0.223 e. The number of likely N-dealkylation sites (tertiary alicyclic amines) is 1. The van der Waals surface area contributed by atoms with Gasteiger partial charge in [0.25, 0.3) is 0 Å². The normalized spacial score (nSPS) is 22.6. The number of amides is 2. The molecule has 0 bridgehead atoms. The number of hydrogen-bond acceptors (Lipinski definition) is 3. The summed E-state index contributed by atoms with van der Waals surface area (Å²) in [7, 11) is 0. The molecule has 2 N–H and O–H groups in total. The van der Waals surface area contributed by atoms with Crippen molar-refractivity contribution in [1.29, 1.82) is 0 Å². The van der Waals surface area contributed by atoms with Crippen molar-refractivity contribution in [3.05, 3.63) is 12.7 Å². The minimum atomic E-state index is -0.333. The second kappa shape index (κ2) is 13.8. The summed E-state index contributed by atoms with van der Waals surface area (Å²) in [5, 5.41) is 12.2. The highest BCUT2D eigenvalue weighted by Gasteiger charge is 2.31. The van der Waals surface area contributed by atoms with Crippen LogP contribution in [0.5, 0.6) is 0 Å². The van der Waals surface area contributed by atoms with Crippen LogP contribution in [-0.2, 0) is 9.59 Å². The monoisotopic (exact) mass is 368 g/mol. The lowest BCUT2D eigenvalue weighted by Crippen LogP contribution is -2.35. The Morgan fingerprint density at radius 3 is 2.42 bits per heavy atom. The third-order valence-corrected chi connectivity index (χ3v) is 5.03. The average molecular weight is 369 g/mol. The second-order valence-corrected chi connectivity index (χ2v) is 7.89. The average Bonchev–Trinajstić information content (AvgIpc) is 2.92. The van der Waals surface area contributed by atoms with E-state index in [1.54, 1.807) is 0 Å². The van der Waals surface area contributed by atoms with Crippen LogP contribution in [0.15, 0.2) is 12.7 Å². The second-order valence-electron chi connectivity index (χ2n) is 7.89. The number of rotatable bonds is 10. The fraction of sp³-hybridized carbons (Fsp3) is 0.810. The van der Waals surface area contributed by atoms with Crippen molar-refractivity contribution in [2.45, 2.75) is 91.3 Å². The molecule has 0 aromatic heterocycles. The summed E-state index contributed by atoms with van der Waals surface area (Å²) in [4.78, 5) is 23.7. The van der Waals surface area contributed by atoms with Crippen LogP contribution in [-0.4, -0.2) is 47.1 Å². The van der Waals surface area contributed by atoms with Crippen molar-refractivity contribution in [1.82, 2.24) is 10.2 Å². The number of nitrogens with zero attached hydrogens (tertiary/aromatic N) is 1. The maximum absolute atomic E-state index is 12.2. The molecule has 1 aliphatic heterocycles. The van der Waals surface area contributed by atoms with Crippen LogP contribution >= 0.6 is 0 Å². The number of carbonyl (C=O) groups excluding carboxylic acids is 2. The summed E-state index contributed by atoms with van der Waals surface area (Å²) in [6.45, 7) is 14.7. The number of nitrogens with one attached hydrogen (secondary N) is 1. The van der Waals surface area contributed by atoms with Crippen LogP contribution in [0, 0.1) is 11.8 Å². The molecule has 0 aliphatic carbocycles. The lowest BCUT2D eigenvalue weighted by molar-refractivity contribution is -0.133. The predicted molar refractivity (Wildman–Crippen MR) is 108 cm³/mol. The van der Waals surface area contributed by atoms with Gasteiger partial charge >= 0.3 is 0 Å². The summed E-state index contributed by atoms with van der Waals surface area (Å²) in [6.07, 6.45) is 7.97. The van der Waals surface area contributed by atoms with Crippen molar-refractivity contribution in [3.63, 3.8) is 0 Å². The van der Waals surface area contributed by atoms with Gasteiger partial charge in [0.05, 0.1) is 6.10 Å². The summed E-state index contributed by atoms with van der Waals surface area (Å²) in [6, 6.07) is 0.519. The Labute approximate surface area is 160 Å². The van der Waals surface area contributed by atoms with Crippen LogP contribution in [0.4, 0.5) is 0 Å². The maximum atomic E-state index is 12.2. The van der Waals surface area contributed by atoms with Gasteiger partial charge in [-0.1, -0.05) is 26.8 Å². The number of hydrogen-bond donors (Lipinski definition) is 2. The van der Waals surface area contributed by atoms with Crippen LogP contribution < -0.4 is 5.32 Å². The van der Waals surface area contributed by atoms with Gasteiger partial charge in [-0.15, -0.1) is 6.58 Å². The Balaban J connectivity index is 0.000000758. The van der Waals surface area contributed by atoms with Gasteiger partial charge in [-0.25, -0.2) is 0 Å². The standard InChI is InChI=1S/C16H29NO2.C5H11NO/c1-5-6-7-12(2)8-13(3)9-16(19)17-11-15(18)10-14(17)4;1-3-5(2)6-4-7/h5,12-15,18H,1,6-11H2,2-4H3;4-5H,3H2,1-2H3,(H,6,7)/t12?,13?,14?,15-;/m1./s1. The quantitative estimate of drug-likeness (QED) is 0.458. The van der Waals surface area contributed by atoms with E-state index in [4.69, 9.17) is 0 Å². The van der Waals surface area contributed by atoms with Crippen LogP contribution in [0.25, 0.3) is 0 Å². The molecule has 0 radical (unpaired) electrons. The zero-order valence-corrected chi connectivity index (χ0v) is 17.4. The molecule has 152 valence electrons. The van der Waals surface area contributed by atoms with E-state index in [0.29, 0.717) is 30.8 Å². The van der Waals surface area contributed by atoms with Crippen LogP contribution in [0.1, 0.15) is 73.1 Å². The molecular weight excluding hydrogens is 328 g/mol.